The molecule has 2 N–H and O–H groups in total. The monoisotopic (exact) mass is 365 g/mol. The summed E-state index contributed by atoms with van der Waals surface area (Å²) in [7, 11) is -1.87. The maximum Gasteiger partial charge on any atom is 0.366 e. The van der Waals surface area contributed by atoms with Crippen molar-refractivity contribution in [1.82, 2.24) is 0 Å². The first kappa shape index (κ1) is 18.1. The normalized spacial score (nSPS) is 11.8. The lowest BCUT2D eigenvalue weighted by molar-refractivity contribution is -0.113. The zero-order valence-electron chi connectivity index (χ0n) is 14.2. The molecule has 0 aliphatic carbocycles. The predicted molar refractivity (Wildman–Crippen MR) is 104 cm³/mol. The van der Waals surface area contributed by atoms with E-state index in [1.54, 1.807) is 24.3 Å². The summed E-state index contributed by atoms with van der Waals surface area (Å²) in [5.41, 5.74) is 6.93. The van der Waals surface area contributed by atoms with Crippen molar-refractivity contribution in [1.29, 1.82) is 0 Å². The van der Waals surface area contributed by atoms with Crippen molar-refractivity contribution in [2.75, 3.05) is 0 Å². The van der Waals surface area contributed by atoms with Crippen LogP contribution in [0.2, 0.25) is 0 Å². The number of nitrogens with two attached hydrogens (primary N) is 1. The molecule has 0 amide bonds. The molecule has 0 aromatic heterocycles. The van der Waals surface area contributed by atoms with E-state index in [-0.39, 0.29) is 5.52 Å². The Morgan fingerprint density at radius 1 is 0.769 bits per heavy atom. The second-order valence-corrected chi connectivity index (χ2v) is 7.02. The van der Waals surface area contributed by atoms with E-state index in [4.69, 9.17) is 14.8 Å². The molecule has 0 aliphatic heterocycles. The zero-order chi connectivity index (χ0) is 18.2. The molecule has 0 bridgehead atoms. The Morgan fingerprint density at radius 3 is 1.65 bits per heavy atom. The van der Waals surface area contributed by atoms with Gasteiger partial charge in [0, 0.05) is 0 Å². The van der Waals surface area contributed by atoms with E-state index in [1.807, 2.05) is 66.7 Å². The first-order chi connectivity index (χ1) is 12.7. The van der Waals surface area contributed by atoms with Crippen molar-refractivity contribution < 1.29 is 13.8 Å². The molecular formula is C21H20NO3P. The maximum atomic E-state index is 12.9. The standard InChI is InChI=1S/C21H20NO3P/c22-20(16-17-10-4-1-5-11-17)21(23)26(24-18-12-6-2-7-13-18)25-19-14-8-3-9-15-19/h1-15,20H,16,22H2/t20-/m0/s1. The van der Waals surface area contributed by atoms with E-state index in [0.29, 0.717) is 17.9 Å². The molecule has 0 fully saturated rings. The Balaban J connectivity index is 1.75. The Kier molecular flexibility index (Phi) is 6.37. The third-order valence-electron chi connectivity index (χ3n) is 3.66. The van der Waals surface area contributed by atoms with Crippen molar-refractivity contribution in [3.05, 3.63) is 96.6 Å². The molecule has 0 saturated carbocycles. The highest BCUT2D eigenvalue weighted by molar-refractivity contribution is 7.67. The number of carbonyl (C=O) groups excluding carboxylic acids is 1. The fourth-order valence-electron chi connectivity index (χ4n) is 2.35. The molecule has 5 heteroatoms. The van der Waals surface area contributed by atoms with Gasteiger partial charge >= 0.3 is 8.38 Å². The second kappa shape index (κ2) is 9.14. The molecule has 0 heterocycles. The third kappa shape index (κ3) is 5.16. The summed E-state index contributed by atoms with van der Waals surface area (Å²) >= 11 is 0. The van der Waals surface area contributed by atoms with Crippen LogP contribution in [0.4, 0.5) is 0 Å². The van der Waals surface area contributed by atoms with E-state index in [2.05, 4.69) is 0 Å². The topological polar surface area (TPSA) is 61.6 Å². The van der Waals surface area contributed by atoms with E-state index in [0.717, 1.165) is 5.56 Å². The van der Waals surface area contributed by atoms with Crippen molar-refractivity contribution in [3.63, 3.8) is 0 Å². The average Bonchev–Trinajstić information content (AvgIpc) is 2.69. The minimum Gasteiger partial charge on any atom is -0.433 e. The molecule has 3 rings (SSSR count). The van der Waals surface area contributed by atoms with Gasteiger partial charge < -0.3 is 14.8 Å². The van der Waals surface area contributed by atoms with Gasteiger partial charge in [0.1, 0.15) is 11.5 Å². The second-order valence-electron chi connectivity index (χ2n) is 5.70. The first-order valence-corrected chi connectivity index (χ1v) is 9.49. The van der Waals surface area contributed by atoms with Gasteiger partial charge in [0.15, 0.2) is 0 Å². The number of para-hydroxylation sites is 2. The van der Waals surface area contributed by atoms with Crippen LogP contribution < -0.4 is 14.8 Å². The molecule has 0 radical (unpaired) electrons. The Morgan fingerprint density at radius 2 is 1.19 bits per heavy atom. The molecule has 132 valence electrons. The van der Waals surface area contributed by atoms with Crippen molar-refractivity contribution in [3.8, 4) is 11.5 Å². The predicted octanol–water partition coefficient (Wildman–Crippen LogP) is 4.55. The lowest BCUT2D eigenvalue weighted by atomic mass is 10.1. The minimum atomic E-state index is -1.87. The van der Waals surface area contributed by atoms with Crippen LogP contribution in [0.5, 0.6) is 11.5 Å². The van der Waals surface area contributed by atoms with Crippen LogP contribution in [-0.4, -0.2) is 11.6 Å². The minimum absolute atomic E-state index is 0.239. The molecule has 4 nitrogen and oxygen atoms in total. The quantitative estimate of drug-likeness (QED) is 0.595. The average molecular weight is 365 g/mol. The third-order valence-corrected chi connectivity index (χ3v) is 5.10. The number of carbonyl (C=O) groups is 1. The Hall–Kier alpha value is -2.68. The molecule has 0 saturated heterocycles. The molecule has 0 spiro atoms. The zero-order valence-corrected chi connectivity index (χ0v) is 15.1. The smallest absolute Gasteiger partial charge is 0.366 e. The van der Waals surface area contributed by atoms with Gasteiger partial charge in [0.25, 0.3) is 5.52 Å². The van der Waals surface area contributed by atoms with Crippen molar-refractivity contribution >= 4 is 13.9 Å². The van der Waals surface area contributed by atoms with E-state index >= 15 is 0 Å². The Bertz CT molecular complexity index is 771. The van der Waals surface area contributed by atoms with Gasteiger partial charge in [-0.05, 0) is 36.2 Å². The van der Waals surface area contributed by atoms with Gasteiger partial charge in [-0.15, -0.1) is 0 Å². The molecule has 0 aliphatic rings. The first-order valence-electron chi connectivity index (χ1n) is 8.32. The van der Waals surface area contributed by atoms with E-state index in [1.165, 1.54) is 0 Å². The van der Waals surface area contributed by atoms with Crippen LogP contribution in [0.3, 0.4) is 0 Å². The van der Waals surface area contributed by atoms with Gasteiger partial charge in [-0.25, -0.2) is 0 Å². The van der Waals surface area contributed by atoms with Gasteiger partial charge in [-0.3, -0.25) is 4.79 Å². The number of hydrogen-bond donors (Lipinski definition) is 1. The summed E-state index contributed by atoms with van der Waals surface area (Å²) in [5, 5.41) is 0. The number of hydrogen-bond acceptors (Lipinski definition) is 4. The van der Waals surface area contributed by atoms with Crippen molar-refractivity contribution in [2.45, 2.75) is 12.5 Å². The molecule has 3 aromatic rings. The SMILES string of the molecule is N[C@@H](Cc1ccccc1)C(=O)P(Oc1ccccc1)Oc1ccccc1. The highest BCUT2D eigenvalue weighted by atomic mass is 31.2. The summed E-state index contributed by atoms with van der Waals surface area (Å²) in [6.07, 6.45) is 0.439. The Labute approximate surface area is 154 Å². The number of benzene rings is 3. The molecule has 0 unspecified atom stereocenters. The lowest BCUT2D eigenvalue weighted by Crippen LogP contribution is -2.33. The van der Waals surface area contributed by atoms with Gasteiger partial charge in [0.05, 0.1) is 6.04 Å². The van der Waals surface area contributed by atoms with Crippen LogP contribution in [0.1, 0.15) is 5.56 Å². The van der Waals surface area contributed by atoms with Gasteiger partial charge in [-0.1, -0.05) is 66.7 Å². The summed E-state index contributed by atoms with van der Waals surface area (Å²) < 4.78 is 11.7. The fourth-order valence-corrected chi connectivity index (χ4v) is 3.56. The van der Waals surface area contributed by atoms with Crippen LogP contribution in [0.25, 0.3) is 0 Å². The summed E-state index contributed by atoms with van der Waals surface area (Å²) in [5.74, 6) is 1.16. The van der Waals surface area contributed by atoms with Crippen LogP contribution in [0, 0.1) is 0 Å². The highest BCUT2D eigenvalue weighted by Crippen LogP contribution is 2.42. The number of rotatable bonds is 8. The largest absolute Gasteiger partial charge is 0.433 e. The highest BCUT2D eigenvalue weighted by Gasteiger charge is 2.30. The van der Waals surface area contributed by atoms with Crippen molar-refractivity contribution in [2.24, 2.45) is 5.73 Å². The van der Waals surface area contributed by atoms with Gasteiger partial charge in [-0.2, -0.15) is 0 Å². The van der Waals surface area contributed by atoms with Crippen LogP contribution in [0.15, 0.2) is 91.0 Å². The lowest BCUT2D eigenvalue weighted by Gasteiger charge is -2.20. The fraction of sp³-hybridized carbons (Fsp3) is 0.0952. The van der Waals surface area contributed by atoms with Crippen LogP contribution in [-0.2, 0) is 11.2 Å². The van der Waals surface area contributed by atoms with E-state index in [9.17, 15) is 4.79 Å². The van der Waals surface area contributed by atoms with E-state index < -0.39 is 14.4 Å². The summed E-state index contributed by atoms with van der Waals surface area (Å²) in [6.45, 7) is 0. The molecular weight excluding hydrogens is 345 g/mol. The summed E-state index contributed by atoms with van der Waals surface area (Å²) in [6, 6.07) is 27.3. The van der Waals surface area contributed by atoms with Crippen LogP contribution >= 0.6 is 8.38 Å². The maximum absolute atomic E-state index is 12.9. The summed E-state index contributed by atoms with van der Waals surface area (Å²) in [4.78, 5) is 12.9. The molecule has 26 heavy (non-hydrogen) atoms. The molecule has 3 aromatic carbocycles. The van der Waals surface area contributed by atoms with Gasteiger partial charge in [0.2, 0.25) is 0 Å². The molecule has 1 atom stereocenters.